The summed E-state index contributed by atoms with van der Waals surface area (Å²) in [6, 6.07) is 0. The molecular weight excluding hydrogens is 1300 g/mol. The van der Waals surface area contributed by atoms with Crippen molar-refractivity contribution in [1.29, 1.82) is 0 Å². The fourth-order valence-corrected chi connectivity index (χ4v) is 13.7. The molecule has 0 fully saturated rings. The van der Waals surface area contributed by atoms with E-state index in [1.165, 1.54) is 347 Å². The first-order chi connectivity index (χ1) is 51.6. The highest BCUT2D eigenvalue weighted by atomic mass is 16.7. The van der Waals surface area contributed by atoms with Crippen LogP contribution >= 0.6 is 0 Å². The van der Waals surface area contributed by atoms with Crippen LogP contribution in [0.2, 0.25) is 0 Å². The average molecular weight is 1470 g/mol. The number of likely N-dealkylation sites (N-methyl/N-ethyl adjacent to an activating group) is 1. The second-order valence-electron chi connectivity index (χ2n) is 32.2. The van der Waals surface area contributed by atoms with E-state index < -0.39 is 18.4 Å². The molecule has 1 N–H and O–H groups in total. The fourth-order valence-electron chi connectivity index (χ4n) is 13.7. The molecule has 0 aromatic heterocycles. The van der Waals surface area contributed by atoms with Gasteiger partial charge in [0.05, 0.1) is 34.4 Å². The zero-order valence-electron chi connectivity index (χ0n) is 70.4. The maximum absolute atomic E-state index is 13.0. The maximum Gasteiger partial charge on any atom is 0.361 e. The first-order valence-electron chi connectivity index (χ1n) is 45.8. The summed E-state index contributed by atoms with van der Waals surface area (Å²) < 4.78 is 23.1. The highest BCUT2D eigenvalue weighted by Gasteiger charge is 2.25. The van der Waals surface area contributed by atoms with Gasteiger partial charge in [-0.25, -0.2) is 4.79 Å². The Morgan fingerprint density at radius 2 is 0.543 bits per heavy atom. The van der Waals surface area contributed by atoms with Crippen LogP contribution < -0.4 is 0 Å². The molecular formula is C96H176NO8+. The Hall–Kier alpha value is -3.53. The summed E-state index contributed by atoms with van der Waals surface area (Å²) in [5.41, 5.74) is 0. The Bertz CT molecular complexity index is 2010. The maximum atomic E-state index is 13.0. The number of hydrogen-bond acceptors (Lipinski definition) is 7. The molecule has 9 nitrogen and oxygen atoms in total. The lowest BCUT2D eigenvalue weighted by atomic mass is 10.0. The van der Waals surface area contributed by atoms with Crippen LogP contribution in [0.3, 0.4) is 0 Å². The van der Waals surface area contributed by atoms with Gasteiger partial charge in [0.15, 0.2) is 6.10 Å². The van der Waals surface area contributed by atoms with Gasteiger partial charge in [0.25, 0.3) is 6.29 Å². The number of hydrogen-bond donors (Lipinski definition) is 1. The summed E-state index contributed by atoms with van der Waals surface area (Å²) in [5.74, 6) is -1.97. The van der Waals surface area contributed by atoms with Crippen LogP contribution in [0.5, 0.6) is 0 Å². The van der Waals surface area contributed by atoms with Crippen molar-refractivity contribution in [3.63, 3.8) is 0 Å². The standard InChI is InChI=1S/C96H175NO8/c1-6-8-10-12-14-16-18-20-22-24-26-28-30-32-34-36-38-40-42-44-46-47-49-50-52-54-56-58-60-62-64-66-68-70-72-74-76-78-80-82-84-86-93(98)103-90-92(91-104-96(95(100)101)102-89-88-97(3,4)5)105-94(99)87-85-83-81-79-77-75-73-71-69-67-65-63-61-59-57-55-53-51-48-45-43-41-39-37-35-33-31-29-27-25-23-21-19-17-15-13-11-9-7-2/h9,11,15,17-18,20-21,23-24,26-27,29,33,35,92,96H,6-8,10,12-14,16,19,22,25,28,30-32,34,36-91H2,1-5H3/p+1/b11-9-,17-15-,20-18-,23-21-,26-24-,29-27-,35-33-. The lowest BCUT2D eigenvalue weighted by molar-refractivity contribution is -0.870. The Kier molecular flexibility index (Phi) is 83.2. The van der Waals surface area contributed by atoms with Crippen molar-refractivity contribution in [2.24, 2.45) is 0 Å². The predicted octanol–water partition coefficient (Wildman–Crippen LogP) is 30.1. The van der Waals surface area contributed by atoms with Crippen LogP contribution in [0, 0.1) is 0 Å². The number of esters is 2. The quantitative estimate of drug-likeness (QED) is 0.0211. The summed E-state index contributed by atoms with van der Waals surface area (Å²) in [6.45, 7) is 4.83. The SMILES string of the molecule is CC/C=C\C/C=C\C/C=C\C/C=C\C/C=C\CCCCCCCCCCCCCCCCCCCCCCCCCC(=O)OC(COC(=O)CCCCCCCCCCCCCCCCCCCCCCCCCCCCCCC/C=C\C/C=C\CCCCCCC)COC(OCC[N+](C)(C)C)C(=O)O. The largest absolute Gasteiger partial charge is 0.477 e. The van der Waals surface area contributed by atoms with Gasteiger partial charge >= 0.3 is 17.9 Å². The van der Waals surface area contributed by atoms with Crippen molar-refractivity contribution in [2.75, 3.05) is 47.5 Å². The molecule has 0 aliphatic rings. The second kappa shape index (κ2) is 86.1. The molecule has 0 aliphatic heterocycles. The Balaban J connectivity index is 3.89. The molecule has 0 radical (unpaired) electrons. The van der Waals surface area contributed by atoms with Gasteiger partial charge in [-0.3, -0.25) is 9.59 Å². The molecule has 0 aromatic carbocycles. The van der Waals surface area contributed by atoms with Crippen LogP contribution in [0.1, 0.15) is 450 Å². The number of rotatable bonds is 86. The number of carbonyl (C=O) groups is 3. The molecule has 2 atom stereocenters. The summed E-state index contributed by atoms with van der Waals surface area (Å²) in [5, 5.41) is 9.80. The smallest absolute Gasteiger partial charge is 0.361 e. The number of unbranched alkanes of at least 4 members (excludes halogenated alkanes) is 57. The minimum Gasteiger partial charge on any atom is -0.477 e. The number of ether oxygens (including phenoxy) is 4. The van der Waals surface area contributed by atoms with Crippen LogP contribution in [0.15, 0.2) is 85.1 Å². The molecule has 0 bridgehead atoms. The molecule has 0 heterocycles. The van der Waals surface area contributed by atoms with Gasteiger partial charge in [-0.15, -0.1) is 0 Å². The normalized spacial score (nSPS) is 13.0. The topological polar surface area (TPSA) is 108 Å². The van der Waals surface area contributed by atoms with Crippen LogP contribution in [0.4, 0.5) is 0 Å². The number of carboxylic acid groups (broad SMARTS) is 1. The third-order valence-corrected chi connectivity index (χ3v) is 20.6. The first kappa shape index (κ1) is 101. The van der Waals surface area contributed by atoms with Gasteiger partial charge in [0, 0.05) is 12.8 Å². The van der Waals surface area contributed by atoms with Gasteiger partial charge in [-0.1, -0.05) is 433 Å². The van der Waals surface area contributed by atoms with Crippen molar-refractivity contribution in [3.05, 3.63) is 85.1 Å². The number of carbonyl (C=O) groups excluding carboxylic acids is 2. The van der Waals surface area contributed by atoms with Gasteiger partial charge < -0.3 is 28.5 Å². The molecule has 2 unspecified atom stereocenters. The summed E-state index contributed by atoms with van der Waals surface area (Å²) in [7, 11) is 6.00. The minimum atomic E-state index is -1.51. The van der Waals surface area contributed by atoms with E-state index in [0.29, 0.717) is 17.4 Å². The summed E-state index contributed by atoms with van der Waals surface area (Å²) in [4.78, 5) is 37.8. The minimum absolute atomic E-state index is 0.177. The molecule has 0 rings (SSSR count). The monoisotopic (exact) mass is 1470 g/mol. The number of nitrogens with zero attached hydrogens (tertiary/aromatic N) is 1. The summed E-state index contributed by atoms with van der Waals surface area (Å²) >= 11 is 0. The van der Waals surface area contributed by atoms with Crippen molar-refractivity contribution in [2.45, 2.75) is 463 Å². The van der Waals surface area contributed by atoms with E-state index in [2.05, 4.69) is 98.9 Å². The van der Waals surface area contributed by atoms with Crippen LogP contribution in [-0.2, 0) is 33.3 Å². The summed E-state index contributed by atoms with van der Waals surface area (Å²) in [6.07, 6.45) is 117. The molecule has 105 heavy (non-hydrogen) atoms. The van der Waals surface area contributed by atoms with Crippen molar-refractivity contribution < 1.29 is 42.9 Å². The first-order valence-corrected chi connectivity index (χ1v) is 45.8. The van der Waals surface area contributed by atoms with Gasteiger partial charge in [0.1, 0.15) is 13.2 Å². The molecule has 0 amide bonds. The molecule has 612 valence electrons. The van der Waals surface area contributed by atoms with E-state index in [1.807, 2.05) is 21.1 Å². The van der Waals surface area contributed by atoms with E-state index in [4.69, 9.17) is 18.9 Å². The van der Waals surface area contributed by atoms with Gasteiger partial charge in [0.2, 0.25) is 0 Å². The van der Waals surface area contributed by atoms with Crippen molar-refractivity contribution in [3.8, 4) is 0 Å². The lowest BCUT2D eigenvalue weighted by Crippen LogP contribution is -2.40. The molecule has 0 saturated heterocycles. The van der Waals surface area contributed by atoms with Crippen LogP contribution in [0.25, 0.3) is 0 Å². The molecule has 0 aromatic rings. The average Bonchev–Trinajstić information content (AvgIpc) is 1.97. The van der Waals surface area contributed by atoms with E-state index in [0.717, 1.165) is 77.0 Å². The Morgan fingerprint density at radius 1 is 0.295 bits per heavy atom. The van der Waals surface area contributed by atoms with Gasteiger partial charge in [-0.05, 0) is 89.9 Å². The van der Waals surface area contributed by atoms with E-state index in [1.54, 1.807) is 0 Å². The van der Waals surface area contributed by atoms with E-state index in [9.17, 15) is 19.5 Å². The fraction of sp³-hybridized carbons (Fsp3) is 0.823. The number of aliphatic carboxylic acids is 1. The molecule has 9 heteroatoms. The van der Waals surface area contributed by atoms with E-state index in [-0.39, 0.29) is 38.2 Å². The molecule has 0 aliphatic carbocycles. The zero-order chi connectivity index (χ0) is 76.0. The highest BCUT2D eigenvalue weighted by Crippen LogP contribution is 2.21. The van der Waals surface area contributed by atoms with Crippen molar-refractivity contribution in [1.82, 2.24) is 0 Å². The zero-order valence-corrected chi connectivity index (χ0v) is 70.4. The third kappa shape index (κ3) is 87.6. The third-order valence-electron chi connectivity index (χ3n) is 20.6. The highest BCUT2D eigenvalue weighted by molar-refractivity contribution is 5.71. The van der Waals surface area contributed by atoms with Gasteiger partial charge in [-0.2, -0.15) is 0 Å². The van der Waals surface area contributed by atoms with E-state index >= 15 is 0 Å². The second-order valence-corrected chi connectivity index (χ2v) is 32.2. The van der Waals surface area contributed by atoms with Crippen LogP contribution in [-0.4, -0.2) is 87.4 Å². The lowest BCUT2D eigenvalue weighted by Gasteiger charge is -2.25. The Labute approximate surface area is 652 Å². The molecule has 0 saturated carbocycles. The number of allylic oxidation sites excluding steroid dienone is 14. The number of quaternary nitrogens is 1. The molecule has 0 spiro atoms. The predicted molar refractivity (Wildman–Crippen MR) is 456 cm³/mol. The van der Waals surface area contributed by atoms with Crippen molar-refractivity contribution >= 4 is 17.9 Å². The number of carboxylic acids is 1. The Morgan fingerprint density at radius 3 is 0.810 bits per heavy atom.